The van der Waals surface area contributed by atoms with Gasteiger partial charge in [-0.3, -0.25) is 9.69 Å². The fraction of sp³-hybridized carbons (Fsp3) is 0.143. The standard InChI is InChI=1S/C14H13N5O2S/c1-2-19-13(21)12(7-10-3-5-11(20)6-4-10)22-14(19)17-18-8-15-16-9-18/h3-9,20H,2H2,1H3/b12-7-,17-14?. The normalized spacial score (nSPS) is 18.6. The number of phenolic OH excluding ortho intramolecular Hbond substituents is 1. The van der Waals surface area contributed by atoms with Crippen molar-refractivity contribution >= 4 is 28.9 Å². The average molecular weight is 315 g/mol. The molecule has 1 amide bonds. The van der Waals surface area contributed by atoms with Gasteiger partial charge in [0.2, 0.25) is 0 Å². The molecule has 1 aliphatic heterocycles. The molecule has 2 heterocycles. The van der Waals surface area contributed by atoms with Gasteiger partial charge in [0.15, 0.2) is 5.17 Å². The van der Waals surface area contributed by atoms with Crippen molar-refractivity contribution < 1.29 is 9.90 Å². The number of thioether (sulfide) groups is 1. The molecular weight excluding hydrogens is 302 g/mol. The van der Waals surface area contributed by atoms with E-state index in [2.05, 4.69) is 15.3 Å². The number of amidine groups is 1. The average Bonchev–Trinajstić information content (AvgIpc) is 3.11. The zero-order valence-electron chi connectivity index (χ0n) is 11.7. The van der Waals surface area contributed by atoms with E-state index in [4.69, 9.17) is 0 Å². The molecule has 1 aromatic carbocycles. The van der Waals surface area contributed by atoms with E-state index < -0.39 is 0 Å². The van der Waals surface area contributed by atoms with E-state index in [1.165, 1.54) is 29.1 Å². The van der Waals surface area contributed by atoms with Crippen LogP contribution in [0, 0.1) is 0 Å². The summed E-state index contributed by atoms with van der Waals surface area (Å²) in [6.45, 7) is 2.42. The highest BCUT2D eigenvalue weighted by Crippen LogP contribution is 2.32. The van der Waals surface area contributed by atoms with Gasteiger partial charge in [0.05, 0.1) is 4.91 Å². The number of hydrogen-bond acceptors (Lipinski definition) is 6. The lowest BCUT2D eigenvalue weighted by atomic mass is 10.2. The first kappa shape index (κ1) is 14.3. The quantitative estimate of drug-likeness (QED) is 0.872. The second kappa shape index (κ2) is 6.02. The zero-order chi connectivity index (χ0) is 15.5. The van der Waals surface area contributed by atoms with E-state index in [1.54, 1.807) is 35.2 Å². The summed E-state index contributed by atoms with van der Waals surface area (Å²) >= 11 is 1.30. The summed E-state index contributed by atoms with van der Waals surface area (Å²) < 4.78 is 1.46. The molecule has 112 valence electrons. The lowest BCUT2D eigenvalue weighted by molar-refractivity contribution is -0.122. The Kier molecular flexibility index (Phi) is 3.92. The smallest absolute Gasteiger partial charge is 0.266 e. The van der Waals surface area contributed by atoms with Gasteiger partial charge >= 0.3 is 0 Å². The number of likely N-dealkylation sites (N-methyl/N-ethyl adjacent to an activating group) is 1. The molecule has 22 heavy (non-hydrogen) atoms. The van der Waals surface area contributed by atoms with Crippen LogP contribution in [0.5, 0.6) is 5.75 Å². The largest absolute Gasteiger partial charge is 0.508 e. The van der Waals surface area contributed by atoms with Crippen LogP contribution in [-0.4, -0.2) is 42.5 Å². The molecule has 1 N–H and O–H groups in total. The molecule has 3 rings (SSSR count). The minimum atomic E-state index is -0.0904. The van der Waals surface area contributed by atoms with E-state index in [9.17, 15) is 9.90 Å². The van der Waals surface area contributed by atoms with Gasteiger partial charge in [0.25, 0.3) is 5.91 Å². The summed E-state index contributed by atoms with van der Waals surface area (Å²) in [5.74, 6) is 0.102. The second-order valence-electron chi connectivity index (χ2n) is 4.48. The monoisotopic (exact) mass is 315 g/mol. The van der Waals surface area contributed by atoms with Gasteiger partial charge in [0.1, 0.15) is 18.4 Å². The number of rotatable bonds is 3. The number of nitrogens with zero attached hydrogens (tertiary/aromatic N) is 5. The van der Waals surface area contributed by atoms with E-state index in [0.717, 1.165) is 5.56 Å². The fourth-order valence-corrected chi connectivity index (χ4v) is 2.98. The minimum Gasteiger partial charge on any atom is -0.508 e. The third-order valence-corrected chi connectivity index (χ3v) is 4.00. The summed E-state index contributed by atoms with van der Waals surface area (Å²) in [6, 6.07) is 6.67. The third-order valence-electron chi connectivity index (χ3n) is 3.00. The Morgan fingerprint density at radius 2 is 1.95 bits per heavy atom. The van der Waals surface area contributed by atoms with Gasteiger partial charge in [-0.05, 0) is 42.5 Å². The molecule has 0 spiro atoms. The molecule has 7 nitrogen and oxygen atoms in total. The van der Waals surface area contributed by atoms with Crippen molar-refractivity contribution in [3.63, 3.8) is 0 Å². The maximum Gasteiger partial charge on any atom is 0.266 e. The predicted molar refractivity (Wildman–Crippen MR) is 83.9 cm³/mol. The fourth-order valence-electron chi connectivity index (χ4n) is 1.93. The first-order valence-electron chi connectivity index (χ1n) is 6.61. The summed E-state index contributed by atoms with van der Waals surface area (Å²) in [6.07, 6.45) is 4.71. The molecule has 0 atom stereocenters. The number of hydrogen-bond donors (Lipinski definition) is 1. The first-order chi connectivity index (χ1) is 10.7. The van der Waals surface area contributed by atoms with Crippen LogP contribution in [0.1, 0.15) is 12.5 Å². The summed E-state index contributed by atoms with van der Waals surface area (Å²) in [5.41, 5.74) is 0.843. The van der Waals surface area contributed by atoms with Crippen molar-refractivity contribution in [1.82, 2.24) is 19.8 Å². The Hall–Kier alpha value is -2.61. The van der Waals surface area contributed by atoms with Crippen molar-refractivity contribution in [3.8, 4) is 5.75 Å². The van der Waals surface area contributed by atoms with E-state index in [0.29, 0.717) is 16.6 Å². The number of carbonyl (C=O) groups excluding carboxylic acids is 1. The van der Waals surface area contributed by atoms with Gasteiger partial charge in [-0.15, -0.1) is 15.3 Å². The Morgan fingerprint density at radius 1 is 1.27 bits per heavy atom. The molecule has 8 heteroatoms. The SMILES string of the molecule is CCN1C(=O)/C(=C/c2ccc(O)cc2)SC1=Nn1cnnc1. The van der Waals surface area contributed by atoms with Crippen LogP contribution in [0.15, 0.2) is 46.9 Å². The topological polar surface area (TPSA) is 83.6 Å². The maximum absolute atomic E-state index is 12.4. The Morgan fingerprint density at radius 3 is 2.59 bits per heavy atom. The maximum atomic E-state index is 12.4. The van der Waals surface area contributed by atoms with Gasteiger partial charge in [-0.1, -0.05) is 12.1 Å². The highest BCUT2D eigenvalue weighted by atomic mass is 32.2. The van der Waals surface area contributed by atoms with Crippen molar-refractivity contribution in [2.75, 3.05) is 6.54 Å². The molecule has 2 aromatic rings. The highest BCUT2D eigenvalue weighted by Gasteiger charge is 2.32. The van der Waals surface area contributed by atoms with Crippen molar-refractivity contribution in [2.24, 2.45) is 5.10 Å². The molecule has 1 fully saturated rings. The predicted octanol–water partition coefficient (Wildman–Crippen LogP) is 1.74. The van der Waals surface area contributed by atoms with Crippen molar-refractivity contribution in [3.05, 3.63) is 47.4 Å². The lowest BCUT2D eigenvalue weighted by Crippen LogP contribution is -2.29. The summed E-state index contributed by atoms with van der Waals surface area (Å²) in [7, 11) is 0. The Balaban J connectivity index is 1.91. The summed E-state index contributed by atoms with van der Waals surface area (Å²) in [4.78, 5) is 14.6. The number of phenols is 1. The molecule has 0 bridgehead atoms. The Bertz CT molecular complexity index is 737. The van der Waals surface area contributed by atoms with Crippen LogP contribution in [0.3, 0.4) is 0 Å². The van der Waals surface area contributed by atoms with E-state index in [1.807, 2.05) is 6.92 Å². The number of carbonyl (C=O) groups is 1. The molecule has 0 unspecified atom stereocenters. The van der Waals surface area contributed by atoms with Crippen LogP contribution >= 0.6 is 11.8 Å². The van der Waals surface area contributed by atoms with Crippen LogP contribution in [0.2, 0.25) is 0 Å². The van der Waals surface area contributed by atoms with Gasteiger partial charge in [-0.2, -0.15) is 0 Å². The molecule has 1 aromatic heterocycles. The number of benzene rings is 1. The van der Waals surface area contributed by atoms with Crippen LogP contribution < -0.4 is 0 Å². The first-order valence-corrected chi connectivity index (χ1v) is 7.43. The Labute approximate surface area is 131 Å². The van der Waals surface area contributed by atoms with E-state index >= 15 is 0 Å². The van der Waals surface area contributed by atoms with Gasteiger partial charge in [0, 0.05) is 6.54 Å². The molecule has 1 saturated heterocycles. The highest BCUT2D eigenvalue weighted by molar-refractivity contribution is 8.18. The lowest BCUT2D eigenvalue weighted by Gasteiger charge is -2.11. The van der Waals surface area contributed by atoms with Gasteiger partial charge < -0.3 is 5.11 Å². The van der Waals surface area contributed by atoms with Crippen LogP contribution in [0.25, 0.3) is 6.08 Å². The summed E-state index contributed by atoms with van der Waals surface area (Å²) in [5, 5.41) is 21.6. The number of aromatic hydroxyl groups is 1. The second-order valence-corrected chi connectivity index (χ2v) is 5.49. The van der Waals surface area contributed by atoms with Crippen LogP contribution in [-0.2, 0) is 4.79 Å². The van der Waals surface area contributed by atoms with Gasteiger partial charge in [-0.25, -0.2) is 4.68 Å². The zero-order valence-corrected chi connectivity index (χ0v) is 12.6. The third kappa shape index (κ3) is 2.86. The van der Waals surface area contributed by atoms with Crippen molar-refractivity contribution in [2.45, 2.75) is 6.92 Å². The number of aromatic nitrogens is 3. The number of amides is 1. The molecular formula is C14H13N5O2S. The van der Waals surface area contributed by atoms with Crippen molar-refractivity contribution in [1.29, 1.82) is 0 Å². The molecule has 1 aliphatic rings. The minimum absolute atomic E-state index is 0.0904. The van der Waals surface area contributed by atoms with Crippen LogP contribution in [0.4, 0.5) is 0 Å². The molecule has 0 saturated carbocycles. The molecule has 0 radical (unpaired) electrons. The molecule has 0 aliphatic carbocycles. The van der Waals surface area contributed by atoms with E-state index in [-0.39, 0.29) is 11.7 Å².